The zero-order valence-electron chi connectivity index (χ0n) is 11.5. The number of hydrogen-bond acceptors (Lipinski definition) is 4. The molecule has 0 aliphatic carbocycles. The largest absolute Gasteiger partial charge is 0.394 e. The molecular formula is C13H21N5O. The van der Waals surface area contributed by atoms with Crippen LogP contribution in [0.1, 0.15) is 18.9 Å². The number of rotatable bonds is 7. The van der Waals surface area contributed by atoms with Gasteiger partial charge in [0.05, 0.1) is 25.0 Å². The van der Waals surface area contributed by atoms with Gasteiger partial charge in [0.2, 0.25) is 0 Å². The third-order valence-corrected chi connectivity index (χ3v) is 3.00. The van der Waals surface area contributed by atoms with Crippen LogP contribution in [-0.2, 0) is 13.1 Å². The Balaban J connectivity index is 2.13. The molecule has 0 saturated heterocycles. The molecule has 2 aromatic heterocycles. The fraction of sp³-hybridized carbons (Fsp3) is 0.538. The molecule has 104 valence electrons. The third kappa shape index (κ3) is 3.42. The Bertz CT molecular complexity index is 505. The van der Waals surface area contributed by atoms with E-state index in [0.29, 0.717) is 6.54 Å². The third-order valence-electron chi connectivity index (χ3n) is 3.00. The normalized spacial score (nSPS) is 11.4. The second kappa shape index (κ2) is 6.49. The SMILES string of the molecule is CCCN(C)Cc1c[nH]nc1-c1cnn(CCO)c1. The maximum atomic E-state index is 8.90. The number of H-pyrrole nitrogens is 1. The summed E-state index contributed by atoms with van der Waals surface area (Å²) in [4.78, 5) is 2.27. The van der Waals surface area contributed by atoms with Crippen molar-refractivity contribution in [3.05, 3.63) is 24.2 Å². The topological polar surface area (TPSA) is 70.0 Å². The number of aliphatic hydroxyl groups is 1. The molecule has 0 amide bonds. The number of aliphatic hydroxyl groups excluding tert-OH is 1. The van der Waals surface area contributed by atoms with Crippen LogP contribution < -0.4 is 0 Å². The average Bonchev–Trinajstić information content (AvgIpc) is 2.98. The van der Waals surface area contributed by atoms with Crippen molar-refractivity contribution in [3.8, 4) is 11.3 Å². The standard InChI is InChI=1S/C13H21N5O/c1-3-4-17(2)9-11-7-14-16-13(11)12-8-15-18(10-12)5-6-19/h7-8,10,19H,3-6,9H2,1-2H3,(H,14,16). The highest BCUT2D eigenvalue weighted by Gasteiger charge is 2.12. The molecule has 2 rings (SSSR count). The lowest BCUT2D eigenvalue weighted by Crippen LogP contribution is -2.18. The fourth-order valence-electron chi connectivity index (χ4n) is 2.15. The van der Waals surface area contributed by atoms with E-state index >= 15 is 0 Å². The zero-order valence-corrected chi connectivity index (χ0v) is 11.5. The first-order chi connectivity index (χ1) is 9.24. The van der Waals surface area contributed by atoms with E-state index in [0.717, 1.165) is 30.8 Å². The van der Waals surface area contributed by atoms with Gasteiger partial charge >= 0.3 is 0 Å². The summed E-state index contributed by atoms with van der Waals surface area (Å²) in [5.41, 5.74) is 3.08. The summed E-state index contributed by atoms with van der Waals surface area (Å²) in [6.07, 6.45) is 6.77. The van der Waals surface area contributed by atoms with Gasteiger partial charge in [-0.15, -0.1) is 0 Å². The molecule has 2 heterocycles. The van der Waals surface area contributed by atoms with Crippen molar-refractivity contribution >= 4 is 0 Å². The first-order valence-electron chi connectivity index (χ1n) is 6.59. The van der Waals surface area contributed by atoms with Gasteiger partial charge in [-0.05, 0) is 20.0 Å². The molecule has 0 unspecified atom stereocenters. The summed E-state index contributed by atoms with van der Waals surface area (Å²) in [5.74, 6) is 0. The lowest BCUT2D eigenvalue weighted by atomic mass is 10.1. The van der Waals surface area contributed by atoms with Gasteiger partial charge in [-0.3, -0.25) is 9.78 Å². The minimum absolute atomic E-state index is 0.0911. The van der Waals surface area contributed by atoms with Crippen molar-refractivity contribution in [2.45, 2.75) is 26.4 Å². The van der Waals surface area contributed by atoms with Crippen LogP contribution in [0, 0.1) is 0 Å². The predicted molar refractivity (Wildman–Crippen MR) is 73.5 cm³/mol. The predicted octanol–water partition coefficient (Wildman–Crippen LogP) is 1.11. The van der Waals surface area contributed by atoms with Gasteiger partial charge in [-0.1, -0.05) is 6.92 Å². The van der Waals surface area contributed by atoms with E-state index in [1.54, 1.807) is 10.9 Å². The molecule has 6 nitrogen and oxygen atoms in total. The van der Waals surface area contributed by atoms with Crippen LogP contribution in [0.2, 0.25) is 0 Å². The van der Waals surface area contributed by atoms with Crippen LogP contribution in [0.3, 0.4) is 0 Å². The van der Waals surface area contributed by atoms with Gasteiger partial charge in [0.15, 0.2) is 0 Å². The van der Waals surface area contributed by atoms with Crippen LogP contribution >= 0.6 is 0 Å². The van der Waals surface area contributed by atoms with Crippen molar-refractivity contribution in [3.63, 3.8) is 0 Å². The Morgan fingerprint density at radius 3 is 3.05 bits per heavy atom. The summed E-state index contributed by atoms with van der Waals surface area (Å²) in [5, 5.41) is 20.3. The first kappa shape index (κ1) is 13.8. The van der Waals surface area contributed by atoms with E-state index in [9.17, 15) is 0 Å². The monoisotopic (exact) mass is 263 g/mol. The van der Waals surface area contributed by atoms with E-state index in [4.69, 9.17) is 5.11 Å². The Hall–Kier alpha value is -1.66. The van der Waals surface area contributed by atoms with Crippen molar-refractivity contribution in [1.82, 2.24) is 24.9 Å². The van der Waals surface area contributed by atoms with Crippen LogP contribution in [-0.4, -0.2) is 50.2 Å². The maximum absolute atomic E-state index is 8.90. The molecule has 6 heteroatoms. The highest BCUT2D eigenvalue weighted by molar-refractivity contribution is 5.60. The number of hydrogen-bond donors (Lipinski definition) is 2. The number of nitrogens with zero attached hydrogens (tertiary/aromatic N) is 4. The molecule has 2 N–H and O–H groups in total. The van der Waals surface area contributed by atoms with Gasteiger partial charge < -0.3 is 10.0 Å². The van der Waals surface area contributed by atoms with Gasteiger partial charge in [0.25, 0.3) is 0 Å². The average molecular weight is 263 g/mol. The van der Waals surface area contributed by atoms with Crippen molar-refractivity contribution in [2.75, 3.05) is 20.2 Å². The second-order valence-corrected chi connectivity index (χ2v) is 4.71. The van der Waals surface area contributed by atoms with E-state index in [1.807, 2.05) is 12.4 Å². The van der Waals surface area contributed by atoms with Gasteiger partial charge in [0.1, 0.15) is 0 Å². The molecule has 0 fully saturated rings. The summed E-state index contributed by atoms with van der Waals surface area (Å²) in [6.45, 7) is 4.70. The lowest BCUT2D eigenvalue weighted by molar-refractivity contribution is 0.269. The minimum Gasteiger partial charge on any atom is -0.394 e. The molecule has 0 bridgehead atoms. The number of aromatic nitrogens is 4. The summed E-state index contributed by atoms with van der Waals surface area (Å²) < 4.78 is 1.73. The molecular weight excluding hydrogens is 242 g/mol. The quantitative estimate of drug-likeness (QED) is 0.785. The summed E-state index contributed by atoms with van der Waals surface area (Å²) in [6, 6.07) is 0. The first-order valence-corrected chi connectivity index (χ1v) is 6.59. The Morgan fingerprint density at radius 1 is 1.47 bits per heavy atom. The highest BCUT2D eigenvalue weighted by Crippen LogP contribution is 2.21. The lowest BCUT2D eigenvalue weighted by Gasteiger charge is -2.14. The Morgan fingerprint density at radius 2 is 2.32 bits per heavy atom. The van der Waals surface area contributed by atoms with Crippen molar-refractivity contribution in [1.29, 1.82) is 0 Å². The van der Waals surface area contributed by atoms with Crippen LogP contribution in [0.15, 0.2) is 18.6 Å². The van der Waals surface area contributed by atoms with E-state index < -0.39 is 0 Å². The Labute approximate surface area is 113 Å². The maximum Gasteiger partial charge on any atom is 0.0997 e. The molecule has 19 heavy (non-hydrogen) atoms. The molecule has 2 aromatic rings. The van der Waals surface area contributed by atoms with Crippen LogP contribution in [0.4, 0.5) is 0 Å². The van der Waals surface area contributed by atoms with E-state index in [1.165, 1.54) is 5.56 Å². The number of nitrogens with one attached hydrogen (secondary N) is 1. The molecule has 0 spiro atoms. The second-order valence-electron chi connectivity index (χ2n) is 4.71. The smallest absolute Gasteiger partial charge is 0.0997 e. The van der Waals surface area contributed by atoms with Gasteiger partial charge in [0, 0.05) is 30.1 Å². The summed E-state index contributed by atoms with van der Waals surface area (Å²) >= 11 is 0. The van der Waals surface area contributed by atoms with Crippen LogP contribution in [0.25, 0.3) is 11.3 Å². The molecule has 0 saturated carbocycles. The van der Waals surface area contributed by atoms with Crippen LogP contribution in [0.5, 0.6) is 0 Å². The van der Waals surface area contributed by atoms with Gasteiger partial charge in [-0.2, -0.15) is 10.2 Å². The zero-order chi connectivity index (χ0) is 13.7. The molecule has 0 atom stereocenters. The van der Waals surface area contributed by atoms with Crippen molar-refractivity contribution < 1.29 is 5.11 Å². The minimum atomic E-state index is 0.0911. The van der Waals surface area contributed by atoms with Gasteiger partial charge in [-0.25, -0.2) is 0 Å². The van der Waals surface area contributed by atoms with E-state index in [-0.39, 0.29) is 6.61 Å². The highest BCUT2D eigenvalue weighted by atomic mass is 16.3. The van der Waals surface area contributed by atoms with E-state index in [2.05, 4.69) is 34.2 Å². The summed E-state index contributed by atoms with van der Waals surface area (Å²) in [7, 11) is 2.11. The Kier molecular flexibility index (Phi) is 4.70. The fourth-order valence-corrected chi connectivity index (χ4v) is 2.15. The molecule has 0 radical (unpaired) electrons. The molecule has 0 aromatic carbocycles. The molecule has 0 aliphatic rings. The molecule has 0 aliphatic heterocycles. The number of aromatic amines is 1. The van der Waals surface area contributed by atoms with Crippen molar-refractivity contribution in [2.24, 2.45) is 0 Å².